The molecule has 0 radical (unpaired) electrons. The average Bonchev–Trinajstić information content (AvgIpc) is 3.32. The highest BCUT2D eigenvalue weighted by Gasteiger charge is 2.24. The number of benzene rings is 1. The number of anilines is 2. The largest absolute Gasteiger partial charge is 0.368 e. The van der Waals surface area contributed by atoms with E-state index in [1.807, 2.05) is 17.0 Å². The van der Waals surface area contributed by atoms with Gasteiger partial charge in [0.25, 0.3) is 0 Å². The Kier molecular flexibility index (Phi) is 7.29. The molecule has 0 unspecified atom stereocenters. The normalized spacial score (nSPS) is 21.1. The van der Waals surface area contributed by atoms with Crippen LogP contribution in [0.1, 0.15) is 70.6 Å². The Morgan fingerprint density at radius 2 is 1.47 bits per heavy atom. The topological polar surface area (TPSA) is 52.7 Å². The van der Waals surface area contributed by atoms with E-state index in [0.717, 1.165) is 63.5 Å². The van der Waals surface area contributed by atoms with Gasteiger partial charge in [0.1, 0.15) is 0 Å². The molecule has 4 rings (SSSR count). The molecule has 1 saturated heterocycles. The molecule has 0 spiro atoms. The van der Waals surface area contributed by atoms with Crippen LogP contribution in [0, 0.1) is 11.8 Å². The van der Waals surface area contributed by atoms with Crippen LogP contribution in [0.3, 0.4) is 0 Å². The van der Waals surface area contributed by atoms with Crippen molar-refractivity contribution in [1.29, 1.82) is 0 Å². The maximum atomic E-state index is 12.5. The third kappa shape index (κ3) is 5.55. The first-order chi connectivity index (χ1) is 14.7. The SMILES string of the molecule is O=C(Nc1ccc(N2CCN(C(=O)CCC3CCCC3)CC2)cc1)C1CCCCC1. The van der Waals surface area contributed by atoms with Crippen molar-refractivity contribution in [2.75, 3.05) is 36.4 Å². The van der Waals surface area contributed by atoms with Gasteiger partial charge in [-0.25, -0.2) is 0 Å². The van der Waals surface area contributed by atoms with Crippen molar-refractivity contribution in [1.82, 2.24) is 4.90 Å². The van der Waals surface area contributed by atoms with Gasteiger partial charge in [-0.15, -0.1) is 0 Å². The number of carbonyl (C=O) groups is 2. The van der Waals surface area contributed by atoms with Crippen molar-refractivity contribution in [3.05, 3.63) is 24.3 Å². The van der Waals surface area contributed by atoms with E-state index < -0.39 is 0 Å². The summed E-state index contributed by atoms with van der Waals surface area (Å²) >= 11 is 0. The highest BCUT2D eigenvalue weighted by Crippen LogP contribution is 2.29. The minimum atomic E-state index is 0.173. The second-order valence-electron chi connectivity index (χ2n) is 9.43. The fourth-order valence-corrected chi connectivity index (χ4v) is 5.36. The summed E-state index contributed by atoms with van der Waals surface area (Å²) in [5.41, 5.74) is 2.05. The van der Waals surface area contributed by atoms with Crippen molar-refractivity contribution < 1.29 is 9.59 Å². The first-order valence-electron chi connectivity index (χ1n) is 12.1. The minimum Gasteiger partial charge on any atom is -0.368 e. The second kappa shape index (κ2) is 10.3. The lowest BCUT2D eigenvalue weighted by Gasteiger charge is -2.36. The number of amides is 2. The van der Waals surface area contributed by atoms with E-state index in [-0.39, 0.29) is 11.8 Å². The van der Waals surface area contributed by atoms with Crippen LogP contribution in [0.25, 0.3) is 0 Å². The number of nitrogens with one attached hydrogen (secondary N) is 1. The summed E-state index contributed by atoms with van der Waals surface area (Å²) in [5, 5.41) is 3.09. The Morgan fingerprint density at radius 3 is 2.13 bits per heavy atom. The summed E-state index contributed by atoms with van der Waals surface area (Å²) in [5.74, 6) is 1.47. The van der Waals surface area contributed by atoms with Crippen LogP contribution < -0.4 is 10.2 Å². The summed E-state index contributed by atoms with van der Waals surface area (Å²) in [6.45, 7) is 3.37. The molecule has 0 bridgehead atoms. The maximum absolute atomic E-state index is 12.5. The second-order valence-corrected chi connectivity index (χ2v) is 9.43. The Labute approximate surface area is 181 Å². The summed E-state index contributed by atoms with van der Waals surface area (Å²) < 4.78 is 0. The molecule has 2 saturated carbocycles. The lowest BCUT2D eigenvalue weighted by atomic mass is 9.88. The summed E-state index contributed by atoms with van der Waals surface area (Å²) in [4.78, 5) is 29.4. The Bertz CT molecular complexity index is 698. The molecule has 2 amide bonds. The molecule has 1 heterocycles. The molecule has 3 aliphatic rings. The third-order valence-electron chi connectivity index (χ3n) is 7.35. The fourth-order valence-electron chi connectivity index (χ4n) is 5.36. The van der Waals surface area contributed by atoms with Gasteiger partial charge in [0.05, 0.1) is 0 Å². The average molecular weight is 412 g/mol. The molecule has 30 heavy (non-hydrogen) atoms. The van der Waals surface area contributed by atoms with Gasteiger partial charge >= 0.3 is 0 Å². The molecule has 0 aromatic heterocycles. The van der Waals surface area contributed by atoms with Crippen molar-refractivity contribution in [2.45, 2.75) is 70.6 Å². The van der Waals surface area contributed by atoms with Gasteiger partial charge in [-0.2, -0.15) is 0 Å². The van der Waals surface area contributed by atoms with E-state index in [2.05, 4.69) is 22.3 Å². The van der Waals surface area contributed by atoms with Gasteiger partial charge in [0.15, 0.2) is 0 Å². The van der Waals surface area contributed by atoms with Gasteiger partial charge < -0.3 is 15.1 Å². The first-order valence-corrected chi connectivity index (χ1v) is 12.1. The highest BCUT2D eigenvalue weighted by molar-refractivity contribution is 5.92. The van der Waals surface area contributed by atoms with E-state index in [1.54, 1.807) is 0 Å². The zero-order chi connectivity index (χ0) is 20.8. The van der Waals surface area contributed by atoms with Gasteiger partial charge in [-0.1, -0.05) is 44.9 Å². The monoisotopic (exact) mass is 411 g/mol. The Morgan fingerprint density at radius 1 is 0.833 bits per heavy atom. The molecule has 1 N–H and O–H groups in total. The number of rotatable bonds is 6. The molecule has 5 heteroatoms. The third-order valence-corrected chi connectivity index (χ3v) is 7.35. The predicted octanol–water partition coefficient (Wildman–Crippen LogP) is 4.82. The van der Waals surface area contributed by atoms with Crippen molar-refractivity contribution in [2.24, 2.45) is 11.8 Å². The van der Waals surface area contributed by atoms with E-state index in [4.69, 9.17) is 0 Å². The van der Waals surface area contributed by atoms with Crippen molar-refractivity contribution in [3.63, 3.8) is 0 Å². The Hall–Kier alpha value is -2.04. The molecule has 3 fully saturated rings. The quantitative estimate of drug-likeness (QED) is 0.730. The maximum Gasteiger partial charge on any atom is 0.227 e. The molecule has 1 aliphatic heterocycles. The lowest BCUT2D eigenvalue weighted by molar-refractivity contribution is -0.131. The van der Waals surface area contributed by atoms with Gasteiger partial charge in [-0.05, 0) is 49.4 Å². The minimum absolute atomic E-state index is 0.173. The molecule has 1 aromatic carbocycles. The number of piperazine rings is 1. The summed E-state index contributed by atoms with van der Waals surface area (Å²) in [6.07, 6.45) is 12.8. The van der Waals surface area contributed by atoms with Crippen LogP contribution in [-0.2, 0) is 9.59 Å². The molecule has 5 nitrogen and oxygen atoms in total. The molecule has 2 aliphatic carbocycles. The first kappa shape index (κ1) is 21.2. The number of hydrogen-bond donors (Lipinski definition) is 1. The van der Waals surface area contributed by atoms with E-state index in [1.165, 1.54) is 50.6 Å². The Balaban J connectivity index is 1.21. The number of nitrogens with zero attached hydrogens (tertiary/aromatic N) is 2. The van der Waals surface area contributed by atoms with Crippen LogP contribution in [-0.4, -0.2) is 42.9 Å². The molecule has 164 valence electrons. The predicted molar refractivity (Wildman–Crippen MR) is 122 cm³/mol. The van der Waals surface area contributed by atoms with Crippen LogP contribution in [0.2, 0.25) is 0 Å². The fraction of sp³-hybridized carbons (Fsp3) is 0.680. The van der Waals surface area contributed by atoms with E-state index in [0.29, 0.717) is 5.91 Å². The molecule has 1 aromatic rings. The summed E-state index contributed by atoms with van der Waals surface area (Å²) in [7, 11) is 0. The van der Waals surface area contributed by atoms with E-state index >= 15 is 0 Å². The zero-order valence-electron chi connectivity index (χ0n) is 18.3. The molecular formula is C25H37N3O2. The van der Waals surface area contributed by atoms with Gasteiger partial charge in [0.2, 0.25) is 11.8 Å². The zero-order valence-corrected chi connectivity index (χ0v) is 18.3. The molecule has 0 atom stereocenters. The number of hydrogen-bond acceptors (Lipinski definition) is 3. The number of carbonyl (C=O) groups excluding carboxylic acids is 2. The van der Waals surface area contributed by atoms with Crippen LogP contribution in [0.15, 0.2) is 24.3 Å². The van der Waals surface area contributed by atoms with Gasteiger partial charge in [0, 0.05) is 49.9 Å². The van der Waals surface area contributed by atoms with Gasteiger partial charge in [-0.3, -0.25) is 9.59 Å². The van der Waals surface area contributed by atoms with Crippen LogP contribution in [0.5, 0.6) is 0 Å². The highest BCUT2D eigenvalue weighted by atomic mass is 16.2. The smallest absolute Gasteiger partial charge is 0.227 e. The van der Waals surface area contributed by atoms with Crippen LogP contribution >= 0.6 is 0 Å². The van der Waals surface area contributed by atoms with E-state index in [9.17, 15) is 9.59 Å². The van der Waals surface area contributed by atoms with Crippen LogP contribution in [0.4, 0.5) is 11.4 Å². The van der Waals surface area contributed by atoms with Crippen molar-refractivity contribution >= 4 is 23.2 Å². The summed E-state index contributed by atoms with van der Waals surface area (Å²) in [6, 6.07) is 8.20. The molecular weight excluding hydrogens is 374 g/mol. The standard InChI is InChI=1S/C25H37N3O2/c29-24(15-10-20-6-4-5-7-20)28-18-16-27(17-19-28)23-13-11-22(12-14-23)26-25(30)21-8-2-1-3-9-21/h11-14,20-21H,1-10,15-19H2,(H,26,30). The lowest BCUT2D eigenvalue weighted by Crippen LogP contribution is -2.48. The van der Waals surface area contributed by atoms with Crippen molar-refractivity contribution in [3.8, 4) is 0 Å².